The predicted molar refractivity (Wildman–Crippen MR) is 106 cm³/mol. The van der Waals surface area contributed by atoms with Crippen LogP contribution in [0.5, 0.6) is 5.75 Å². The molecule has 0 aliphatic rings. The molecule has 0 atom stereocenters. The van der Waals surface area contributed by atoms with Gasteiger partial charge in [0.05, 0.1) is 35.1 Å². The summed E-state index contributed by atoms with van der Waals surface area (Å²) in [4.78, 5) is 9.98. The minimum atomic E-state index is -0.0274. The number of nitrogens with zero attached hydrogens (tertiary/aromatic N) is 4. The van der Waals surface area contributed by atoms with E-state index in [-0.39, 0.29) is 18.0 Å². The summed E-state index contributed by atoms with van der Waals surface area (Å²) >= 11 is 1.72. The van der Waals surface area contributed by atoms with Gasteiger partial charge in [0.1, 0.15) is 23.5 Å². The highest BCUT2D eigenvalue weighted by atomic mass is 32.2. The summed E-state index contributed by atoms with van der Waals surface area (Å²) in [6.45, 7) is 6.69. The van der Waals surface area contributed by atoms with E-state index in [1.54, 1.807) is 18.0 Å². The van der Waals surface area contributed by atoms with Gasteiger partial charge in [0.15, 0.2) is 0 Å². The number of ether oxygens (including phenoxy) is 1. The van der Waals surface area contributed by atoms with Gasteiger partial charge >= 0.3 is 0 Å². The number of H-pyrrole nitrogens is 1. The van der Waals surface area contributed by atoms with Crippen LogP contribution in [0.15, 0.2) is 41.8 Å². The lowest BCUT2D eigenvalue weighted by Crippen LogP contribution is -2.09. The molecule has 4 aromatic heterocycles. The molecule has 0 radical (unpaired) electrons. The van der Waals surface area contributed by atoms with Gasteiger partial charge in [-0.05, 0) is 6.07 Å². The molecule has 0 amide bonds. The fourth-order valence-electron chi connectivity index (χ4n) is 2.85. The number of aliphatic hydroxyl groups is 1. The Bertz CT molecular complexity index is 1100. The van der Waals surface area contributed by atoms with E-state index in [4.69, 9.17) is 9.84 Å². The second-order valence-corrected chi connectivity index (χ2v) is 9.06. The lowest BCUT2D eigenvalue weighted by Gasteiger charge is -2.20. The van der Waals surface area contributed by atoms with Crippen LogP contribution in [0.4, 0.5) is 0 Å². The average Bonchev–Trinajstić information content (AvgIpc) is 3.23. The van der Waals surface area contributed by atoms with Gasteiger partial charge < -0.3 is 9.84 Å². The molecule has 0 aliphatic carbocycles. The molecule has 0 spiro atoms. The van der Waals surface area contributed by atoms with E-state index in [0.29, 0.717) is 0 Å². The Balaban J connectivity index is 1.83. The Hall–Kier alpha value is -2.58. The molecule has 8 heteroatoms. The quantitative estimate of drug-likeness (QED) is 0.513. The van der Waals surface area contributed by atoms with Gasteiger partial charge in [-0.15, -0.1) is 11.8 Å². The van der Waals surface area contributed by atoms with Crippen LogP contribution in [-0.2, 0) is 0 Å². The highest BCUT2D eigenvalue weighted by molar-refractivity contribution is 8.00. The van der Waals surface area contributed by atoms with Crippen molar-refractivity contribution >= 4 is 28.4 Å². The lowest BCUT2D eigenvalue weighted by molar-refractivity contribution is 0.198. The molecular formula is C19H21N5O2S. The zero-order valence-corrected chi connectivity index (χ0v) is 16.2. The number of fused-ring (bicyclic) bond motifs is 2. The first-order chi connectivity index (χ1) is 12.9. The number of thioether (sulfide) groups is 1. The number of hydrogen-bond donors (Lipinski definition) is 2. The predicted octanol–water partition coefficient (Wildman–Crippen LogP) is 3.53. The van der Waals surface area contributed by atoms with Gasteiger partial charge in [-0.3, -0.25) is 14.5 Å². The maximum absolute atomic E-state index is 9.12. The SMILES string of the molecule is CC(C)(C)Sc1cn2c(-c3cnc4cn[nH]c4c3)cnc2cc1OCCO. The summed E-state index contributed by atoms with van der Waals surface area (Å²) in [6.07, 6.45) is 7.40. The first kappa shape index (κ1) is 17.8. The van der Waals surface area contributed by atoms with E-state index in [1.165, 1.54) is 0 Å². The van der Waals surface area contributed by atoms with Crippen molar-refractivity contribution in [3.05, 3.63) is 36.9 Å². The third-order valence-corrected chi connectivity index (χ3v) is 5.06. The molecule has 0 bridgehead atoms. The number of hydrogen-bond acceptors (Lipinski definition) is 6. The van der Waals surface area contributed by atoms with Crippen LogP contribution >= 0.6 is 11.8 Å². The molecule has 0 unspecified atom stereocenters. The normalized spacial score (nSPS) is 12.1. The zero-order valence-electron chi connectivity index (χ0n) is 15.4. The maximum Gasteiger partial charge on any atom is 0.140 e. The van der Waals surface area contributed by atoms with Gasteiger partial charge in [0.2, 0.25) is 0 Å². The molecule has 0 fully saturated rings. The second-order valence-electron chi connectivity index (χ2n) is 7.19. The first-order valence-corrected chi connectivity index (χ1v) is 9.49. The number of rotatable bonds is 5. The summed E-state index contributed by atoms with van der Waals surface area (Å²) in [6, 6.07) is 3.93. The number of aromatic nitrogens is 5. The molecule has 0 saturated carbocycles. The third-order valence-electron chi connectivity index (χ3n) is 3.93. The van der Waals surface area contributed by atoms with E-state index >= 15 is 0 Å². The third kappa shape index (κ3) is 3.63. The van der Waals surface area contributed by atoms with Crippen LogP contribution in [-0.4, -0.2) is 47.6 Å². The Morgan fingerprint density at radius 1 is 1.19 bits per heavy atom. The fourth-order valence-corrected chi connectivity index (χ4v) is 3.88. The lowest BCUT2D eigenvalue weighted by atomic mass is 10.2. The van der Waals surface area contributed by atoms with E-state index in [1.807, 2.05) is 35.1 Å². The largest absolute Gasteiger partial charge is 0.490 e. The van der Waals surface area contributed by atoms with Crippen molar-refractivity contribution in [2.75, 3.05) is 13.2 Å². The second kappa shape index (κ2) is 6.86. The van der Waals surface area contributed by atoms with Gasteiger partial charge in [-0.1, -0.05) is 20.8 Å². The minimum absolute atomic E-state index is 0.0160. The minimum Gasteiger partial charge on any atom is -0.490 e. The number of nitrogens with one attached hydrogen (secondary N) is 1. The van der Waals surface area contributed by atoms with Crippen LogP contribution in [0, 0.1) is 0 Å². The van der Waals surface area contributed by atoms with Crippen molar-refractivity contribution in [3.8, 4) is 17.0 Å². The average molecular weight is 383 g/mol. The monoisotopic (exact) mass is 383 g/mol. The fraction of sp³-hybridized carbons (Fsp3) is 0.316. The molecule has 7 nitrogen and oxygen atoms in total. The van der Waals surface area contributed by atoms with Gasteiger partial charge in [-0.25, -0.2) is 4.98 Å². The molecule has 0 aliphatic heterocycles. The Morgan fingerprint density at radius 3 is 2.81 bits per heavy atom. The molecule has 4 aromatic rings. The van der Waals surface area contributed by atoms with Gasteiger partial charge in [-0.2, -0.15) is 5.10 Å². The van der Waals surface area contributed by atoms with Crippen LogP contribution in [0.1, 0.15) is 20.8 Å². The van der Waals surface area contributed by atoms with Crippen LogP contribution in [0.3, 0.4) is 0 Å². The van der Waals surface area contributed by atoms with Crippen molar-refractivity contribution in [2.24, 2.45) is 0 Å². The number of aromatic amines is 1. The van der Waals surface area contributed by atoms with Crippen molar-refractivity contribution in [3.63, 3.8) is 0 Å². The van der Waals surface area contributed by atoms with Crippen molar-refractivity contribution < 1.29 is 9.84 Å². The molecule has 2 N–H and O–H groups in total. The molecule has 4 heterocycles. The number of imidazole rings is 1. The van der Waals surface area contributed by atoms with Crippen LogP contribution < -0.4 is 4.74 Å². The van der Waals surface area contributed by atoms with Crippen LogP contribution in [0.25, 0.3) is 27.9 Å². The molecular weight excluding hydrogens is 362 g/mol. The molecule has 0 saturated heterocycles. The molecule has 4 rings (SSSR count). The maximum atomic E-state index is 9.12. The van der Waals surface area contributed by atoms with Crippen molar-refractivity contribution in [1.29, 1.82) is 0 Å². The van der Waals surface area contributed by atoms with Crippen LogP contribution in [0.2, 0.25) is 0 Å². The van der Waals surface area contributed by atoms with E-state index in [2.05, 4.69) is 40.9 Å². The van der Waals surface area contributed by atoms with Crippen molar-refractivity contribution in [2.45, 2.75) is 30.4 Å². The summed E-state index contributed by atoms with van der Waals surface area (Å²) in [7, 11) is 0. The Labute approximate surface area is 160 Å². The highest BCUT2D eigenvalue weighted by Gasteiger charge is 2.19. The summed E-state index contributed by atoms with van der Waals surface area (Å²) in [5, 5.41) is 16.1. The summed E-state index contributed by atoms with van der Waals surface area (Å²) in [5.74, 6) is 0.732. The molecule has 140 valence electrons. The Kier molecular flexibility index (Phi) is 4.53. The first-order valence-electron chi connectivity index (χ1n) is 8.68. The molecule has 27 heavy (non-hydrogen) atoms. The summed E-state index contributed by atoms with van der Waals surface area (Å²) in [5.41, 5.74) is 4.39. The topological polar surface area (TPSA) is 88.3 Å². The van der Waals surface area contributed by atoms with Gasteiger partial charge in [0, 0.05) is 28.8 Å². The highest BCUT2D eigenvalue weighted by Crippen LogP contribution is 2.39. The van der Waals surface area contributed by atoms with E-state index in [9.17, 15) is 0 Å². The smallest absolute Gasteiger partial charge is 0.140 e. The standard InChI is InChI=1S/C19H21N5O2S/c1-19(2,3)27-17-11-24-15(10-21-18(24)7-16(17)26-5-4-25)12-6-13-14(20-8-12)9-22-23-13/h6-11,25H,4-5H2,1-3H3,(H,22,23). The van der Waals surface area contributed by atoms with Crippen molar-refractivity contribution in [1.82, 2.24) is 24.6 Å². The van der Waals surface area contributed by atoms with E-state index < -0.39 is 0 Å². The molecule has 0 aromatic carbocycles. The zero-order chi connectivity index (χ0) is 19.0. The van der Waals surface area contributed by atoms with Gasteiger partial charge in [0.25, 0.3) is 0 Å². The summed E-state index contributed by atoms with van der Waals surface area (Å²) < 4.78 is 7.81. The van der Waals surface area contributed by atoms with E-state index in [0.717, 1.165) is 38.6 Å². The number of pyridine rings is 2. The number of aliphatic hydroxyl groups excluding tert-OH is 1. The Morgan fingerprint density at radius 2 is 2.04 bits per heavy atom.